The Kier molecular flexibility index (Phi) is 7.58. The molecule has 8 heteroatoms. The molecule has 8 nitrogen and oxygen atoms in total. The normalized spacial score (nSPS) is 12.4. The number of ether oxygens (including phenoxy) is 1. The van der Waals surface area contributed by atoms with E-state index in [0.717, 1.165) is 28.9 Å². The number of hydrogen-bond acceptors (Lipinski definition) is 5. The summed E-state index contributed by atoms with van der Waals surface area (Å²) in [6.45, 7) is 7.30. The van der Waals surface area contributed by atoms with Gasteiger partial charge in [-0.15, -0.1) is 0 Å². The molecule has 1 N–H and O–H groups in total. The lowest BCUT2D eigenvalue weighted by Crippen LogP contribution is -2.15. The van der Waals surface area contributed by atoms with Crippen molar-refractivity contribution >= 4 is 17.8 Å². The number of nitrogens with zero attached hydrogens (tertiary/aromatic N) is 5. The number of nitriles is 1. The van der Waals surface area contributed by atoms with Crippen LogP contribution in [0.4, 0.5) is 5.82 Å². The Morgan fingerprint density at radius 1 is 1.31 bits per heavy atom. The number of aromatic nitrogens is 4. The summed E-state index contributed by atoms with van der Waals surface area (Å²) in [5.41, 5.74) is 4.04. The Bertz CT molecular complexity index is 1140. The first-order valence-electron chi connectivity index (χ1n) is 10.5. The summed E-state index contributed by atoms with van der Waals surface area (Å²) in [7, 11) is 1.67. The third kappa shape index (κ3) is 5.50. The van der Waals surface area contributed by atoms with Crippen LogP contribution in [0, 0.1) is 25.2 Å². The molecule has 0 aliphatic carbocycles. The number of amides is 1. The summed E-state index contributed by atoms with van der Waals surface area (Å²) in [5.74, 6) is -0.0771. The minimum absolute atomic E-state index is 0.0241. The number of rotatable bonds is 9. The SMILES string of the molecule is COCC(C)n1c(C)cc(/C=C(/C#N)C(=O)Nc2ccn(CCc3ccncc3)n2)c1C. The highest BCUT2D eigenvalue weighted by Crippen LogP contribution is 2.23. The highest BCUT2D eigenvalue weighted by atomic mass is 16.5. The fourth-order valence-electron chi connectivity index (χ4n) is 3.78. The van der Waals surface area contributed by atoms with Crippen molar-refractivity contribution in [3.63, 3.8) is 0 Å². The topological polar surface area (TPSA) is 97.8 Å². The van der Waals surface area contributed by atoms with Gasteiger partial charge in [-0.25, -0.2) is 0 Å². The van der Waals surface area contributed by atoms with Gasteiger partial charge in [-0.1, -0.05) is 0 Å². The second kappa shape index (κ2) is 10.6. The summed E-state index contributed by atoms with van der Waals surface area (Å²) >= 11 is 0. The number of pyridine rings is 1. The summed E-state index contributed by atoms with van der Waals surface area (Å²) in [6, 6.07) is 9.77. The van der Waals surface area contributed by atoms with E-state index in [-0.39, 0.29) is 11.6 Å². The van der Waals surface area contributed by atoms with Crippen molar-refractivity contribution in [3.8, 4) is 6.07 Å². The van der Waals surface area contributed by atoms with Gasteiger partial charge in [0.2, 0.25) is 0 Å². The van der Waals surface area contributed by atoms with Gasteiger partial charge in [0.1, 0.15) is 11.6 Å². The van der Waals surface area contributed by atoms with E-state index in [1.807, 2.05) is 38.1 Å². The summed E-state index contributed by atoms with van der Waals surface area (Å²) < 4.78 is 9.17. The molecule has 0 saturated heterocycles. The molecule has 32 heavy (non-hydrogen) atoms. The van der Waals surface area contributed by atoms with Crippen molar-refractivity contribution in [1.29, 1.82) is 5.26 Å². The van der Waals surface area contributed by atoms with Crippen LogP contribution in [0.2, 0.25) is 0 Å². The van der Waals surface area contributed by atoms with Gasteiger partial charge in [0.25, 0.3) is 5.91 Å². The van der Waals surface area contributed by atoms with E-state index < -0.39 is 5.91 Å². The third-order valence-electron chi connectivity index (χ3n) is 5.30. The number of carbonyl (C=O) groups is 1. The average molecular weight is 433 g/mol. The number of nitrogens with one attached hydrogen (secondary N) is 1. The molecule has 0 radical (unpaired) electrons. The minimum atomic E-state index is -0.485. The molecule has 0 bridgehead atoms. The standard InChI is InChI=1S/C24H28N6O2/c1-17-13-21(19(3)30(17)18(2)16-32-4)14-22(15-25)24(31)27-23-8-12-29(28-23)11-7-20-5-9-26-10-6-20/h5-6,8-10,12-14,18H,7,11,16H2,1-4H3,(H,27,28,31)/b22-14-. The van der Waals surface area contributed by atoms with Crippen LogP contribution < -0.4 is 5.32 Å². The maximum absolute atomic E-state index is 12.7. The van der Waals surface area contributed by atoms with E-state index in [4.69, 9.17) is 4.74 Å². The van der Waals surface area contributed by atoms with Crippen molar-refractivity contribution in [2.24, 2.45) is 0 Å². The van der Waals surface area contributed by atoms with Crippen molar-refractivity contribution < 1.29 is 9.53 Å². The Morgan fingerprint density at radius 2 is 2.06 bits per heavy atom. The minimum Gasteiger partial charge on any atom is -0.383 e. The molecule has 3 heterocycles. The zero-order valence-corrected chi connectivity index (χ0v) is 18.9. The molecule has 1 atom stereocenters. The van der Waals surface area contributed by atoms with Crippen molar-refractivity contribution in [3.05, 3.63) is 70.9 Å². The van der Waals surface area contributed by atoms with E-state index in [9.17, 15) is 10.1 Å². The molecule has 166 valence electrons. The second-order valence-electron chi connectivity index (χ2n) is 7.69. The van der Waals surface area contributed by atoms with E-state index in [1.165, 1.54) is 0 Å². The lowest BCUT2D eigenvalue weighted by molar-refractivity contribution is -0.112. The highest BCUT2D eigenvalue weighted by Gasteiger charge is 2.16. The Morgan fingerprint density at radius 3 is 2.75 bits per heavy atom. The molecule has 1 unspecified atom stereocenters. The van der Waals surface area contributed by atoms with Crippen LogP contribution in [0.25, 0.3) is 6.08 Å². The first kappa shape index (κ1) is 23.0. The lowest BCUT2D eigenvalue weighted by atomic mass is 10.1. The molecule has 0 spiro atoms. The van der Waals surface area contributed by atoms with Crippen LogP contribution in [-0.4, -0.2) is 39.0 Å². The number of hydrogen-bond donors (Lipinski definition) is 1. The third-order valence-corrected chi connectivity index (χ3v) is 5.30. The van der Waals surface area contributed by atoms with Crippen LogP contribution in [-0.2, 0) is 22.5 Å². The van der Waals surface area contributed by atoms with Gasteiger partial charge < -0.3 is 14.6 Å². The van der Waals surface area contributed by atoms with E-state index >= 15 is 0 Å². The average Bonchev–Trinajstić information content (AvgIpc) is 3.34. The molecule has 1 amide bonds. The molecule has 0 aliphatic heterocycles. The fraction of sp³-hybridized carbons (Fsp3) is 0.333. The molecule has 3 rings (SSSR count). The predicted octanol–water partition coefficient (Wildman–Crippen LogP) is 3.69. The molecule has 0 fully saturated rings. The number of aryl methyl sites for hydroxylation is 3. The number of methoxy groups -OCH3 is 1. The molecular weight excluding hydrogens is 404 g/mol. The van der Waals surface area contributed by atoms with Gasteiger partial charge in [-0.05, 0) is 62.6 Å². The Labute approximate surface area is 188 Å². The van der Waals surface area contributed by atoms with E-state index in [2.05, 4.69) is 26.9 Å². The summed E-state index contributed by atoms with van der Waals surface area (Å²) in [6.07, 6.45) is 7.74. The van der Waals surface area contributed by atoms with Gasteiger partial charge in [0, 0.05) is 49.7 Å². The van der Waals surface area contributed by atoms with Gasteiger partial charge >= 0.3 is 0 Å². The van der Waals surface area contributed by atoms with Crippen LogP contribution >= 0.6 is 0 Å². The first-order valence-corrected chi connectivity index (χ1v) is 10.5. The zero-order chi connectivity index (χ0) is 23.1. The predicted molar refractivity (Wildman–Crippen MR) is 123 cm³/mol. The number of carbonyl (C=O) groups excluding carboxylic acids is 1. The maximum Gasteiger partial charge on any atom is 0.267 e. The molecule has 0 aliphatic rings. The molecule has 0 aromatic carbocycles. The Hall–Kier alpha value is -3.70. The van der Waals surface area contributed by atoms with Crippen molar-refractivity contribution in [2.75, 3.05) is 19.0 Å². The lowest BCUT2D eigenvalue weighted by Gasteiger charge is -2.17. The second-order valence-corrected chi connectivity index (χ2v) is 7.69. The smallest absolute Gasteiger partial charge is 0.267 e. The van der Waals surface area contributed by atoms with Crippen LogP contribution in [0.3, 0.4) is 0 Å². The van der Waals surface area contributed by atoms with E-state index in [1.54, 1.807) is 42.5 Å². The Balaban J connectivity index is 1.69. The van der Waals surface area contributed by atoms with Gasteiger partial charge in [-0.3, -0.25) is 14.5 Å². The number of anilines is 1. The van der Waals surface area contributed by atoms with Crippen molar-refractivity contribution in [1.82, 2.24) is 19.3 Å². The van der Waals surface area contributed by atoms with Gasteiger partial charge in [-0.2, -0.15) is 10.4 Å². The van der Waals surface area contributed by atoms with E-state index in [0.29, 0.717) is 19.0 Å². The first-order chi connectivity index (χ1) is 15.4. The van der Waals surface area contributed by atoms with Crippen LogP contribution in [0.5, 0.6) is 0 Å². The molecular formula is C24H28N6O2. The molecule has 3 aromatic rings. The zero-order valence-electron chi connectivity index (χ0n) is 18.9. The summed E-state index contributed by atoms with van der Waals surface area (Å²) in [4.78, 5) is 16.7. The maximum atomic E-state index is 12.7. The van der Waals surface area contributed by atoms with Crippen LogP contribution in [0.1, 0.15) is 35.5 Å². The molecule has 0 saturated carbocycles. The highest BCUT2D eigenvalue weighted by molar-refractivity contribution is 6.09. The summed E-state index contributed by atoms with van der Waals surface area (Å²) in [5, 5.41) is 16.7. The molecule has 3 aromatic heterocycles. The van der Waals surface area contributed by atoms with Gasteiger partial charge in [0.15, 0.2) is 5.82 Å². The largest absolute Gasteiger partial charge is 0.383 e. The quantitative estimate of drug-likeness (QED) is 0.411. The monoisotopic (exact) mass is 432 g/mol. The van der Waals surface area contributed by atoms with Crippen molar-refractivity contribution in [2.45, 2.75) is 39.8 Å². The van der Waals surface area contributed by atoms with Crippen LogP contribution in [0.15, 0.2) is 48.4 Å². The van der Waals surface area contributed by atoms with Gasteiger partial charge in [0.05, 0.1) is 12.6 Å². The fourth-order valence-corrected chi connectivity index (χ4v) is 3.78.